The number of benzene rings is 4. The number of halogens is 6. The minimum absolute atomic E-state index is 0.0406. The molecule has 0 aliphatic carbocycles. The van der Waals surface area contributed by atoms with Gasteiger partial charge in [0.1, 0.15) is 18.4 Å². The molecule has 0 spiro atoms. The summed E-state index contributed by atoms with van der Waals surface area (Å²) >= 11 is 0. The van der Waals surface area contributed by atoms with Gasteiger partial charge in [0.2, 0.25) is 11.7 Å². The van der Waals surface area contributed by atoms with E-state index in [9.17, 15) is 45.8 Å². The Labute approximate surface area is 299 Å². The Kier molecular flexibility index (Phi) is 12.5. The molecule has 0 saturated heterocycles. The summed E-state index contributed by atoms with van der Waals surface area (Å²) < 4.78 is 101. The normalized spacial score (nSPS) is 12.1. The van der Waals surface area contributed by atoms with Gasteiger partial charge in [-0.3, -0.25) is 9.59 Å². The SMILES string of the molecule is COc1cc(CN(C(=O)c2ccc(-c3ccc(OCc4cc(C(F)(F)F)cc(C(F)(F)F)c4)cc3)cc2)[C@@H](CCC(N)=O)C(=O)O)cc(OC)c1OC. The molecule has 0 aromatic heterocycles. The van der Waals surface area contributed by atoms with Crippen molar-refractivity contribution in [1.29, 1.82) is 0 Å². The largest absolute Gasteiger partial charge is 0.493 e. The van der Waals surface area contributed by atoms with Crippen LogP contribution in [0.25, 0.3) is 11.1 Å². The van der Waals surface area contributed by atoms with Gasteiger partial charge in [0.15, 0.2) is 11.5 Å². The molecule has 0 saturated carbocycles. The monoisotopic (exact) mass is 748 g/mol. The molecule has 16 heteroatoms. The highest BCUT2D eigenvalue weighted by molar-refractivity contribution is 5.97. The lowest BCUT2D eigenvalue weighted by Crippen LogP contribution is -2.45. The summed E-state index contributed by atoms with van der Waals surface area (Å²) in [5.41, 5.74) is 3.85. The van der Waals surface area contributed by atoms with Gasteiger partial charge in [0.05, 0.1) is 32.5 Å². The Morgan fingerprint density at radius 1 is 0.736 bits per heavy atom. The molecule has 10 nitrogen and oxygen atoms in total. The first kappa shape index (κ1) is 39.8. The zero-order chi connectivity index (χ0) is 39.1. The highest BCUT2D eigenvalue weighted by Crippen LogP contribution is 2.39. The van der Waals surface area contributed by atoms with Gasteiger partial charge < -0.3 is 34.7 Å². The van der Waals surface area contributed by atoms with Gasteiger partial charge in [-0.2, -0.15) is 26.3 Å². The van der Waals surface area contributed by atoms with E-state index in [1.54, 1.807) is 36.4 Å². The van der Waals surface area contributed by atoms with Crippen LogP contribution in [0.15, 0.2) is 78.9 Å². The van der Waals surface area contributed by atoms with Crippen LogP contribution < -0.4 is 24.7 Å². The molecule has 0 aliphatic heterocycles. The Morgan fingerprint density at radius 3 is 1.68 bits per heavy atom. The third-order valence-electron chi connectivity index (χ3n) is 8.04. The Balaban J connectivity index is 1.56. The van der Waals surface area contributed by atoms with E-state index < -0.39 is 53.9 Å². The highest BCUT2D eigenvalue weighted by atomic mass is 19.4. The lowest BCUT2D eigenvalue weighted by Gasteiger charge is -2.29. The maximum Gasteiger partial charge on any atom is 0.416 e. The quantitative estimate of drug-likeness (QED) is 0.120. The van der Waals surface area contributed by atoms with E-state index in [1.165, 1.54) is 45.6 Å². The molecule has 3 N–H and O–H groups in total. The van der Waals surface area contributed by atoms with Crippen LogP contribution in [0.4, 0.5) is 26.3 Å². The minimum atomic E-state index is -4.99. The van der Waals surface area contributed by atoms with E-state index in [4.69, 9.17) is 24.7 Å². The molecule has 1 atom stereocenters. The number of nitrogens with zero attached hydrogens (tertiary/aromatic N) is 1. The standard InChI is InChI=1S/C37H34F6N2O8/c1-50-30-16-21(17-31(51-2)33(30)52-3)19-45(29(35(48)49)12-13-32(44)46)34(47)25-6-4-23(5-7-25)24-8-10-28(11-9-24)53-20-22-14-26(36(38,39)40)18-27(15-22)37(41,42)43/h4-11,14-18,29H,12-13,19-20H2,1-3H3,(H2,44,46)(H,48,49)/t29-/m0/s1. The molecule has 0 fully saturated rings. The van der Waals surface area contributed by atoms with Gasteiger partial charge in [0.25, 0.3) is 5.91 Å². The van der Waals surface area contributed by atoms with Crippen LogP contribution in [-0.2, 0) is 35.1 Å². The molecule has 0 radical (unpaired) electrons. The number of carbonyl (C=O) groups excluding carboxylic acids is 2. The molecular weight excluding hydrogens is 714 g/mol. The average Bonchev–Trinajstić information content (AvgIpc) is 3.12. The van der Waals surface area contributed by atoms with Crippen molar-refractivity contribution in [2.75, 3.05) is 21.3 Å². The Bertz CT molecular complexity index is 1870. The predicted molar refractivity (Wildman–Crippen MR) is 178 cm³/mol. The fraction of sp³-hybridized carbons (Fsp3) is 0.270. The van der Waals surface area contributed by atoms with Crippen molar-refractivity contribution in [1.82, 2.24) is 4.90 Å². The van der Waals surface area contributed by atoms with Crippen LogP contribution >= 0.6 is 0 Å². The number of primary amides is 1. The molecule has 0 heterocycles. The van der Waals surface area contributed by atoms with Crippen LogP contribution in [0.5, 0.6) is 23.0 Å². The lowest BCUT2D eigenvalue weighted by molar-refractivity contribution is -0.144. The third-order valence-corrected chi connectivity index (χ3v) is 8.04. The number of carboxylic acids is 1. The van der Waals surface area contributed by atoms with Crippen LogP contribution in [-0.4, -0.2) is 55.2 Å². The fourth-order valence-corrected chi connectivity index (χ4v) is 5.42. The van der Waals surface area contributed by atoms with E-state index >= 15 is 0 Å². The van der Waals surface area contributed by atoms with E-state index in [2.05, 4.69) is 0 Å². The maximum absolute atomic E-state index is 13.9. The van der Waals surface area contributed by atoms with Gasteiger partial charge in [0, 0.05) is 18.5 Å². The van der Waals surface area contributed by atoms with Gasteiger partial charge in [-0.25, -0.2) is 4.79 Å². The van der Waals surface area contributed by atoms with Gasteiger partial charge in [-0.1, -0.05) is 24.3 Å². The van der Waals surface area contributed by atoms with E-state index in [-0.39, 0.29) is 59.6 Å². The van der Waals surface area contributed by atoms with Crippen LogP contribution in [0.3, 0.4) is 0 Å². The molecule has 0 bridgehead atoms. The molecule has 4 aromatic rings. The van der Waals surface area contributed by atoms with E-state index in [1.807, 2.05) is 0 Å². The highest BCUT2D eigenvalue weighted by Gasteiger charge is 2.37. The summed E-state index contributed by atoms with van der Waals surface area (Å²) in [6.45, 7) is -0.793. The summed E-state index contributed by atoms with van der Waals surface area (Å²) in [4.78, 5) is 39.0. The van der Waals surface area contributed by atoms with Crippen molar-refractivity contribution >= 4 is 17.8 Å². The Morgan fingerprint density at radius 2 is 1.25 bits per heavy atom. The maximum atomic E-state index is 13.9. The lowest BCUT2D eigenvalue weighted by atomic mass is 10.0. The average molecular weight is 749 g/mol. The van der Waals surface area contributed by atoms with Gasteiger partial charge >= 0.3 is 18.3 Å². The number of methoxy groups -OCH3 is 3. The van der Waals surface area contributed by atoms with Crippen LogP contribution in [0.1, 0.15) is 45.5 Å². The summed E-state index contributed by atoms with van der Waals surface area (Å²) in [5, 5.41) is 10.1. The number of ether oxygens (including phenoxy) is 4. The minimum Gasteiger partial charge on any atom is -0.493 e. The smallest absolute Gasteiger partial charge is 0.416 e. The third kappa shape index (κ3) is 10.1. The summed E-state index contributed by atoms with van der Waals surface area (Å²) in [7, 11) is 4.21. The molecule has 4 aromatic carbocycles. The molecular formula is C37H34F6N2O8. The van der Waals surface area contributed by atoms with Crippen molar-refractivity contribution in [3.05, 3.63) is 107 Å². The summed E-state index contributed by atoms with van der Waals surface area (Å²) in [6, 6.07) is 15.2. The molecule has 282 valence electrons. The zero-order valence-electron chi connectivity index (χ0n) is 28.5. The number of nitrogens with two attached hydrogens (primary N) is 1. The van der Waals surface area contributed by atoms with Crippen LogP contribution in [0.2, 0.25) is 0 Å². The van der Waals surface area contributed by atoms with Gasteiger partial charge in [-0.05, 0) is 83.3 Å². The first-order valence-corrected chi connectivity index (χ1v) is 15.7. The number of carboxylic acid groups (broad SMARTS) is 1. The van der Waals surface area contributed by atoms with Crippen molar-refractivity contribution in [2.24, 2.45) is 5.73 Å². The first-order valence-electron chi connectivity index (χ1n) is 15.7. The first-order chi connectivity index (χ1) is 24.9. The number of hydrogen-bond acceptors (Lipinski definition) is 7. The zero-order valence-corrected chi connectivity index (χ0v) is 28.5. The predicted octanol–water partition coefficient (Wildman–Crippen LogP) is 7.36. The molecule has 4 rings (SSSR count). The van der Waals surface area contributed by atoms with E-state index in [0.29, 0.717) is 28.8 Å². The Hall–Kier alpha value is -5.93. The van der Waals surface area contributed by atoms with Crippen LogP contribution in [0, 0.1) is 0 Å². The van der Waals surface area contributed by atoms with Crippen molar-refractivity contribution in [3.63, 3.8) is 0 Å². The summed E-state index contributed by atoms with van der Waals surface area (Å²) in [5.74, 6) is -1.79. The van der Waals surface area contributed by atoms with Crippen molar-refractivity contribution < 1.29 is 64.8 Å². The number of rotatable bonds is 15. The molecule has 0 unspecified atom stereocenters. The second kappa shape index (κ2) is 16.6. The number of aliphatic carboxylic acids is 1. The summed E-state index contributed by atoms with van der Waals surface area (Å²) in [6.07, 6.45) is -10.5. The second-order valence-electron chi connectivity index (χ2n) is 11.6. The molecule has 0 aliphatic rings. The second-order valence-corrected chi connectivity index (χ2v) is 11.6. The topological polar surface area (TPSA) is 138 Å². The number of alkyl halides is 6. The fourth-order valence-electron chi connectivity index (χ4n) is 5.42. The van der Waals surface area contributed by atoms with Crippen molar-refractivity contribution in [3.8, 4) is 34.1 Å². The van der Waals surface area contributed by atoms with E-state index in [0.717, 1.165) is 4.90 Å². The number of carbonyl (C=O) groups is 3. The van der Waals surface area contributed by atoms with Gasteiger partial charge in [-0.15, -0.1) is 0 Å². The number of amides is 2. The molecule has 2 amide bonds. The van der Waals surface area contributed by atoms with Crippen molar-refractivity contribution in [2.45, 2.75) is 44.4 Å². The molecule has 53 heavy (non-hydrogen) atoms. The number of hydrogen-bond donors (Lipinski definition) is 2.